The van der Waals surface area contributed by atoms with Crippen LogP contribution in [0.1, 0.15) is 11.1 Å². The van der Waals surface area contributed by atoms with Crippen molar-refractivity contribution in [1.29, 1.82) is 0 Å². The smallest absolute Gasteiger partial charge is 0.214 e. The van der Waals surface area contributed by atoms with Crippen LogP contribution in [0.15, 0.2) is 46.9 Å². The van der Waals surface area contributed by atoms with Crippen LogP contribution in [0.4, 0.5) is 0 Å². The van der Waals surface area contributed by atoms with Crippen LogP contribution in [-0.4, -0.2) is 12.1 Å². The van der Waals surface area contributed by atoms with Gasteiger partial charge < -0.3 is 4.74 Å². The number of pyridine rings is 1. The number of nitrogens with zero attached hydrogens (tertiary/aromatic N) is 1. The normalized spacial score (nSPS) is 10.9. The third-order valence-corrected chi connectivity index (χ3v) is 4.20. The summed E-state index contributed by atoms with van der Waals surface area (Å²) in [6.45, 7) is 4.28. The predicted octanol–water partition coefficient (Wildman–Crippen LogP) is 5.29. The third kappa shape index (κ3) is 2.54. The van der Waals surface area contributed by atoms with Gasteiger partial charge in [0.1, 0.15) is 0 Å². The Morgan fingerprint density at radius 1 is 1.00 bits per heavy atom. The maximum Gasteiger partial charge on any atom is 0.214 e. The molecular weight excluding hydrogens is 326 g/mol. The second kappa shape index (κ2) is 5.49. The van der Waals surface area contributed by atoms with Crippen LogP contribution in [-0.2, 0) is 0 Å². The van der Waals surface area contributed by atoms with Gasteiger partial charge in [-0.25, -0.2) is 4.98 Å². The van der Waals surface area contributed by atoms with Crippen molar-refractivity contribution in [3.63, 3.8) is 0 Å². The molecule has 2 nitrogen and oxygen atoms in total. The van der Waals surface area contributed by atoms with E-state index in [0.717, 1.165) is 20.9 Å². The molecule has 0 N–H and O–H groups in total. The lowest BCUT2D eigenvalue weighted by Crippen LogP contribution is -1.94. The lowest BCUT2D eigenvalue weighted by atomic mass is 9.93. The van der Waals surface area contributed by atoms with Gasteiger partial charge in [0.15, 0.2) is 0 Å². The Bertz CT molecular complexity index is 807. The van der Waals surface area contributed by atoms with E-state index in [4.69, 9.17) is 4.74 Å². The van der Waals surface area contributed by atoms with Crippen molar-refractivity contribution in [3.8, 4) is 17.0 Å². The molecule has 0 unspecified atom stereocenters. The van der Waals surface area contributed by atoms with E-state index in [1.807, 2.05) is 18.2 Å². The third-order valence-electron chi connectivity index (χ3n) is 3.71. The monoisotopic (exact) mass is 341 g/mol. The Kier molecular flexibility index (Phi) is 3.68. The van der Waals surface area contributed by atoms with Crippen molar-refractivity contribution in [2.24, 2.45) is 0 Å². The van der Waals surface area contributed by atoms with Gasteiger partial charge in [0.2, 0.25) is 5.88 Å². The fraction of sp³-hybridized carbons (Fsp3) is 0.167. The number of rotatable bonds is 2. The minimum atomic E-state index is 0.641. The van der Waals surface area contributed by atoms with Gasteiger partial charge in [-0.05, 0) is 54.3 Å². The standard InChI is InChI=1S/C18H16BrNO/c1-11-5-4-6-12(2)18(11)15-10-17(21-3)20-16-8-7-13(19)9-14(15)16/h4-10H,1-3H3. The molecule has 1 heterocycles. The van der Waals surface area contributed by atoms with Crippen LogP contribution < -0.4 is 4.74 Å². The number of halogens is 1. The van der Waals surface area contributed by atoms with Gasteiger partial charge in [-0.15, -0.1) is 0 Å². The zero-order valence-electron chi connectivity index (χ0n) is 12.3. The fourth-order valence-electron chi connectivity index (χ4n) is 2.72. The van der Waals surface area contributed by atoms with Crippen LogP contribution in [0, 0.1) is 13.8 Å². The molecule has 0 aliphatic carbocycles. The van der Waals surface area contributed by atoms with Gasteiger partial charge in [-0.2, -0.15) is 0 Å². The van der Waals surface area contributed by atoms with Crippen molar-refractivity contribution >= 4 is 26.8 Å². The van der Waals surface area contributed by atoms with Crippen molar-refractivity contribution in [2.75, 3.05) is 7.11 Å². The first-order chi connectivity index (χ1) is 10.1. The SMILES string of the molecule is COc1cc(-c2c(C)cccc2C)c2cc(Br)ccc2n1. The van der Waals surface area contributed by atoms with E-state index in [-0.39, 0.29) is 0 Å². The molecule has 0 atom stereocenters. The fourth-order valence-corrected chi connectivity index (χ4v) is 3.09. The maximum atomic E-state index is 5.37. The molecule has 3 heteroatoms. The Morgan fingerprint density at radius 2 is 1.71 bits per heavy atom. The molecule has 0 radical (unpaired) electrons. The number of aryl methyl sites for hydroxylation is 2. The summed E-state index contributed by atoms with van der Waals surface area (Å²) in [6.07, 6.45) is 0. The first-order valence-electron chi connectivity index (χ1n) is 6.81. The van der Waals surface area contributed by atoms with Crippen molar-refractivity contribution in [2.45, 2.75) is 13.8 Å². The van der Waals surface area contributed by atoms with Crippen LogP contribution in [0.5, 0.6) is 5.88 Å². The molecule has 106 valence electrons. The summed E-state index contributed by atoms with van der Waals surface area (Å²) in [6, 6.07) is 14.5. The van der Waals surface area contributed by atoms with Gasteiger partial charge in [-0.3, -0.25) is 0 Å². The first kappa shape index (κ1) is 14.1. The van der Waals surface area contributed by atoms with Crippen molar-refractivity contribution in [3.05, 3.63) is 58.1 Å². The summed E-state index contributed by atoms with van der Waals surface area (Å²) in [4.78, 5) is 4.54. The molecule has 2 aromatic carbocycles. The van der Waals surface area contributed by atoms with E-state index in [9.17, 15) is 0 Å². The number of aromatic nitrogens is 1. The molecule has 0 aliphatic rings. The number of hydrogen-bond acceptors (Lipinski definition) is 2. The van der Waals surface area contributed by atoms with E-state index < -0.39 is 0 Å². The summed E-state index contributed by atoms with van der Waals surface area (Å²) in [7, 11) is 1.65. The van der Waals surface area contributed by atoms with E-state index in [0.29, 0.717) is 5.88 Å². The molecule has 0 fully saturated rings. The van der Waals surface area contributed by atoms with Gasteiger partial charge in [0, 0.05) is 15.9 Å². The van der Waals surface area contributed by atoms with Crippen molar-refractivity contribution < 1.29 is 4.74 Å². The molecule has 0 amide bonds. The summed E-state index contributed by atoms with van der Waals surface area (Å²) < 4.78 is 6.42. The molecule has 3 rings (SSSR count). The highest BCUT2D eigenvalue weighted by Gasteiger charge is 2.12. The molecular formula is C18H16BrNO. The maximum absolute atomic E-state index is 5.37. The first-order valence-corrected chi connectivity index (χ1v) is 7.60. The topological polar surface area (TPSA) is 22.1 Å². The Balaban J connectivity index is 2.42. The lowest BCUT2D eigenvalue weighted by molar-refractivity contribution is 0.400. The van der Waals surface area contributed by atoms with Crippen LogP contribution >= 0.6 is 15.9 Å². The molecule has 0 aliphatic heterocycles. The average Bonchev–Trinajstić information content (AvgIpc) is 2.47. The summed E-state index contributed by atoms with van der Waals surface area (Å²) in [5, 5.41) is 1.13. The number of benzene rings is 2. The zero-order chi connectivity index (χ0) is 15.0. The minimum Gasteiger partial charge on any atom is -0.481 e. The average molecular weight is 342 g/mol. The second-order valence-corrected chi connectivity index (χ2v) is 6.06. The zero-order valence-corrected chi connectivity index (χ0v) is 13.9. The number of methoxy groups -OCH3 is 1. The van der Waals surface area contributed by atoms with E-state index >= 15 is 0 Å². The highest BCUT2D eigenvalue weighted by molar-refractivity contribution is 9.10. The summed E-state index contributed by atoms with van der Waals surface area (Å²) in [5.74, 6) is 0.641. The van der Waals surface area contributed by atoms with Crippen LogP contribution in [0.25, 0.3) is 22.0 Å². The largest absolute Gasteiger partial charge is 0.481 e. The Morgan fingerprint density at radius 3 is 2.38 bits per heavy atom. The number of ether oxygens (including phenoxy) is 1. The van der Waals surface area contributed by atoms with Gasteiger partial charge in [-0.1, -0.05) is 34.1 Å². The van der Waals surface area contributed by atoms with E-state index in [1.54, 1.807) is 7.11 Å². The van der Waals surface area contributed by atoms with Crippen molar-refractivity contribution in [1.82, 2.24) is 4.98 Å². The summed E-state index contributed by atoms with van der Waals surface area (Å²) in [5.41, 5.74) is 5.86. The van der Waals surface area contributed by atoms with Gasteiger partial charge in [0.05, 0.1) is 12.6 Å². The molecule has 21 heavy (non-hydrogen) atoms. The number of fused-ring (bicyclic) bond motifs is 1. The molecule has 0 saturated carbocycles. The molecule has 0 spiro atoms. The van der Waals surface area contributed by atoms with Crippen LogP contribution in [0.2, 0.25) is 0 Å². The molecule has 0 bridgehead atoms. The minimum absolute atomic E-state index is 0.641. The Labute approximate surface area is 132 Å². The predicted molar refractivity (Wildman–Crippen MR) is 90.9 cm³/mol. The van der Waals surface area contributed by atoms with Crippen LogP contribution in [0.3, 0.4) is 0 Å². The van der Waals surface area contributed by atoms with E-state index in [2.05, 4.69) is 59.0 Å². The quantitative estimate of drug-likeness (QED) is 0.631. The molecule has 1 aromatic heterocycles. The highest BCUT2D eigenvalue weighted by atomic mass is 79.9. The van der Waals surface area contributed by atoms with Gasteiger partial charge >= 0.3 is 0 Å². The second-order valence-electron chi connectivity index (χ2n) is 5.14. The molecule has 3 aromatic rings. The lowest BCUT2D eigenvalue weighted by Gasteiger charge is -2.14. The Hall–Kier alpha value is -1.87. The van der Waals surface area contributed by atoms with E-state index in [1.165, 1.54) is 16.7 Å². The highest BCUT2D eigenvalue weighted by Crippen LogP contribution is 2.36. The van der Waals surface area contributed by atoms with Gasteiger partial charge in [0.25, 0.3) is 0 Å². The molecule has 0 saturated heterocycles. The number of hydrogen-bond donors (Lipinski definition) is 0. The summed E-state index contributed by atoms with van der Waals surface area (Å²) >= 11 is 3.55.